The lowest BCUT2D eigenvalue weighted by Gasteiger charge is -2.27. The first-order chi connectivity index (χ1) is 8.84. The molecule has 1 aromatic carbocycles. The van der Waals surface area contributed by atoms with Crippen LogP contribution in [0.15, 0.2) is 24.3 Å². The molecule has 1 unspecified atom stereocenters. The molecule has 0 fully saturated rings. The molecule has 0 aliphatic carbocycles. The maximum absolute atomic E-state index is 10.6. The Hall–Kier alpha value is -1.39. The van der Waals surface area contributed by atoms with Crippen LogP contribution in [0.4, 0.5) is 0 Å². The molecule has 1 aromatic rings. The van der Waals surface area contributed by atoms with Crippen molar-refractivity contribution in [3.63, 3.8) is 0 Å². The molecule has 4 nitrogen and oxygen atoms in total. The van der Waals surface area contributed by atoms with Gasteiger partial charge in [0.25, 0.3) is 0 Å². The SMILES string of the molecule is Cc1ccccc1C(C)(C)CNCCC(N)C(=O)O. The summed E-state index contributed by atoms with van der Waals surface area (Å²) >= 11 is 0. The number of nitrogens with one attached hydrogen (secondary N) is 1. The van der Waals surface area contributed by atoms with Crippen molar-refractivity contribution in [1.82, 2.24) is 5.32 Å². The monoisotopic (exact) mass is 264 g/mol. The van der Waals surface area contributed by atoms with E-state index in [4.69, 9.17) is 10.8 Å². The van der Waals surface area contributed by atoms with E-state index < -0.39 is 12.0 Å². The summed E-state index contributed by atoms with van der Waals surface area (Å²) in [6, 6.07) is 7.55. The molecule has 106 valence electrons. The highest BCUT2D eigenvalue weighted by molar-refractivity contribution is 5.72. The van der Waals surface area contributed by atoms with Crippen LogP contribution in [0.5, 0.6) is 0 Å². The molecule has 0 bridgehead atoms. The van der Waals surface area contributed by atoms with Gasteiger partial charge in [-0.25, -0.2) is 0 Å². The van der Waals surface area contributed by atoms with Crippen LogP contribution in [0, 0.1) is 6.92 Å². The van der Waals surface area contributed by atoms with E-state index in [2.05, 4.69) is 38.2 Å². The van der Waals surface area contributed by atoms with E-state index in [0.29, 0.717) is 13.0 Å². The Morgan fingerprint density at radius 3 is 2.63 bits per heavy atom. The van der Waals surface area contributed by atoms with Gasteiger partial charge in [-0.3, -0.25) is 4.79 Å². The Morgan fingerprint density at radius 1 is 1.42 bits per heavy atom. The van der Waals surface area contributed by atoms with Crippen LogP contribution in [0.2, 0.25) is 0 Å². The minimum Gasteiger partial charge on any atom is -0.480 e. The minimum absolute atomic E-state index is 0.0126. The largest absolute Gasteiger partial charge is 0.480 e. The molecular formula is C15H24N2O2. The van der Waals surface area contributed by atoms with Crippen LogP contribution in [0.25, 0.3) is 0 Å². The van der Waals surface area contributed by atoms with Gasteiger partial charge < -0.3 is 16.2 Å². The molecule has 19 heavy (non-hydrogen) atoms. The fourth-order valence-electron chi connectivity index (χ4n) is 2.21. The number of aliphatic carboxylic acids is 1. The van der Waals surface area contributed by atoms with Crippen molar-refractivity contribution in [2.24, 2.45) is 5.73 Å². The zero-order chi connectivity index (χ0) is 14.5. The lowest BCUT2D eigenvalue weighted by molar-refractivity contribution is -0.138. The number of rotatable bonds is 7. The predicted octanol–water partition coefficient (Wildman–Crippen LogP) is 1.66. The maximum atomic E-state index is 10.6. The molecule has 0 aromatic heterocycles. The zero-order valence-corrected chi connectivity index (χ0v) is 11.9. The summed E-state index contributed by atoms with van der Waals surface area (Å²) < 4.78 is 0. The molecule has 0 spiro atoms. The van der Waals surface area contributed by atoms with E-state index in [9.17, 15) is 4.79 Å². The number of benzene rings is 1. The predicted molar refractivity (Wildman–Crippen MR) is 77.3 cm³/mol. The second kappa shape index (κ2) is 6.68. The summed E-state index contributed by atoms with van der Waals surface area (Å²) in [6.07, 6.45) is 0.444. The van der Waals surface area contributed by atoms with Crippen LogP contribution < -0.4 is 11.1 Å². The topological polar surface area (TPSA) is 75.3 Å². The average Bonchev–Trinajstić information content (AvgIpc) is 2.34. The van der Waals surface area contributed by atoms with Gasteiger partial charge in [-0.05, 0) is 31.0 Å². The summed E-state index contributed by atoms with van der Waals surface area (Å²) in [4.78, 5) is 10.6. The lowest BCUT2D eigenvalue weighted by Crippen LogP contribution is -2.38. The molecular weight excluding hydrogens is 240 g/mol. The summed E-state index contributed by atoms with van der Waals surface area (Å²) in [6.45, 7) is 7.88. The fourth-order valence-corrected chi connectivity index (χ4v) is 2.21. The summed E-state index contributed by atoms with van der Waals surface area (Å²) in [5, 5.41) is 12.0. The third-order valence-electron chi connectivity index (χ3n) is 3.39. The number of aryl methyl sites for hydroxylation is 1. The van der Waals surface area contributed by atoms with E-state index in [0.717, 1.165) is 6.54 Å². The van der Waals surface area contributed by atoms with Crippen molar-refractivity contribution in [3.8, 4) is 0 Å². The molecule has 0 radical (unpaired) electrons. The van der Waals surface area contributed by atoms with Gasteiger partial charge in [0, 0.05) is 12.0 Å². The quantitative estimate of drug-likeness (QED) is 0.655. The number of carbonyl (C=O) groups is 1. The van der Waals surface area contributed by atoms with E-state index in [1.807, 2.05) is 12.1 Å². The van der Waals surface area contributed by atoms with E-state index in [1.165, 1.54) is 11.1 Å². The second-order valence-corrected chi connectivity index (χ2v) is 5.61. The van der Waals surface area contributed by atoms with Gasteiger partial charge in [-0.2, -0.15) is 0 Å². The number of carboxylic acid groups (broad SMARTS) is 1. The molecule has 1 rings (SSSR count). The Balaban J connectivity index is 2.48. The average molecular weight is 264 g/mol. The van der Waals surface area contributed by atoms with Crippen LogP contribution >= 0.6 is 0 Å². The Labute approximate surface area is 115 Å². The zero-order valence-electron chi connectivity index (χ0n) is 11.9. The number of carboxylic acids is 1. The van der Waals surface area contributed by atoms with Gasteiger partial charge in [-0.15, -0.1) is 0 Å². The Kier molecular flexibility index (Phi) is 5.51. The second-order valence-electron chi connectivity index (χ2n) is 5.61. The van der Waals surface area contributed by atoms with E-state index in [1.54, 1.807) is 0 Å². The highest BCUT2D eigenvalue weighted by Gasteiger charge is 2.21. The molecule has 4 heteroatoms. The van der Waals surface area contributed by atoms with Gasteiger partial charge in [0.1, 0.15) is 6.04 Å². The molecule has 0 saturated heterocycles. The molecule has 0 saturated carbocycles. The molecule has 1 atom stereocenters. The van der Waals surface area contributed by atoms with Gasteiger partial charge in [-0.1, -0.05) is 38.1 Å². The normalized spacial score (nSPS) is 13.3. The molecule has 4 N–H and O–H groups in total. The van der Waals surface area contributed by atoms with Crippen LogP contribution in [0.1, 0.15) is 31.4 Å². The third-order valence-corrected chi connectivity index (χ3v) is 3.39. The van der Waals surface area contributed by atoms with Gasteiger partial charge in [0.05, 0.1) is 0 Å². The van der Waals surface area contributed by atoms with Crippen LogP contribution in [-0.2, 0) is 10.2 Å². The number of nitrogens with two attached hydrogens (primary N) is 1. The lowest BCUT2D eigenvalue weighted by atomic mass is 9.82. The van der Waals surface area contributed by atoms with E-state index in [-0.39, 0.29) is 5.41 Å². The van der Waals surface area contributed by atoms with Crippen molar-refractivity contribution in [3.05, 3.63) is 35.4 Å². The highest BCUT2D eigenvalue weighted by atomic mass is 16.4. The van der Waals surface area contributed by atoms with Gasteiger partial charge in [0.2, 0.25) is 0 Å². The number of hydrogen-bond acceptors (Lipinski definition) is 3. The summed E-state index contributed by atoms with van der Waals surface area (Å²) in [7, 11) is 0. The highest BCUT2D eigenvalue weighted by Crippen LogP contribution is 2.25. The summed E-state index contributed by atoms with van der Waals surface area (Å²) in [5.74, 6) is -0.944. The third kappa shape index (κ3) is 4.65. The fraction of sp³-hybridized carbons (Fsp3) is 0.533. The van der Waals surface area contributed by atoms with Crippen LogP contribution in [0.3, 0.4) is 0 Å². The maximum Gasteiger partial charge on any atom is 0.320 e. The first-order valence-electron chi connectivity index (χ1n) is 6.60. The number of hydrogen-bond donors (Lipinski definition) is 3. The standard InChI is InChI=1S/C15H24N2O2/c1-11-6-4-5-7-12(11)15(2,3)10-17-9-8-13(16)14(18)19/h4-7,13,17H,8-10,16H2,1-3H3,(H,18,19). The molecule has 0 aliphatic rings. The van der Waals surface area contributed by atoms with Gasteiger partial charge in [0.15, 0.2) is 0 Å². The van der Waals surface area contributed by atoms with Crippen molar-refractivity contribution in [2.75, 3.05) is 13.1 Å². The van der Waals surface area contributed by atoms with Crippen molar-refractivity contribution in [1.29, 1.82) is 0 Å². The van der Waals surface area contributed by atoms with Crippen molar-refractivity contribution in [2.45, 2.75) is 38.6 Å². The minimum atomic E-state index is -0.944. The first kappa shape index (κ1) is 15.7. The van der Waals surface area contributed by atoms with Crippen molar-refractivity contribution < 1.29 is 9.90 Å². The summed E-state index contributed by atoms with van der Waals surface area (Å²) in [5.41, 5.74) is 8.06. The van der Waals surface area contributed by atoms with Crippen molar-refractivity contribution >= 4 is 5.97 Å². The van der Waals surface area contributed by atoms with Crippen LogP contribution in [-0.4, -0.2) is 30.2 Å². The first-order valence-corrected chi connectivity index (χ1v) is 6.60. The Bertz CT molecular complexity index is 430. The smallest absolute Gasteiger partial charge is 0.320 e. The Morgan fingerprint density at radius 2 is 2.05 bits per heavy atom. The molecule has 0 heterocycles. The van der Waals surface area contributed by atoms with E-state index >= 15 is 0 Å². The van der Waals surface area contributed by atoms with Gasteiger partial charge >= 0.3 is 5.97 Å². The molecule has 0 amide bonds. The molecule has 0 aliphatic heterocycles.